The second-order valence-corrected chi connectivity index (χ2v) is 5.19. The molecule has 2 rings (SSSR count). The van der Waals surface area contributed by atoms with E-state index in [1.807, 2.05) is 12.4 Å². The first-order valence-electron chi connectivity index (χ1n) is 6.34. The number of hydrogen-bond donors (Lipinski definition) is 1. The highest BCUT2D eigenvalue weighted by atomic mass is 15.0. The topological polar surface area (TPSA) is 24.9 Å². The Bertz CT molecular complexity index is 323. The Morgan fingerprint density at radius 2 is 1.94 bits per heavy atom. The van der Waals surface area contributed by atoms with Crippen LogP contribution >= 0.6 is 0 Å². The highest BCUT2D eigenvalue weighted by molar-refractivity contribution is 5.14. The standard InChI is InChI=1S/C14H22N2/c1-10-4-5-14(11(10)2)16-12(3)13-6-8-15-9-7-13/h6-12,14,16H,4-5H2,1-3H3. The maximum Gasteiger partial charge on any atom is 0.0295 e. The summed E-state index contributed by atoms with van der Waals surface area (Å²) in [4.78, 5) is 4.06. The fourth-order valence-corrected chi connectivity index (χ4v) is 2.67. The zero-order valence-electron chi connectivity index (χ0n) is 10.5. The largest absolute Gasteiger partial charge is 0.307 e. The van der Waals surface area contributed by atoms with Gasteiger partial charge in [-0.3, -0.25) is 4.98 Å². The molecule has 0 saturated heterocycles. The van der Waals surface area contributed by atoms with Crippen LogP contribution in [0.4, 0.5) is 0 Å². The number of pyridine rings is 1. The molecule has 0 amide bonds. The lowest BCUT2D eigenvalue weighted by Gasteiger charge is -2.24. The zero-order chi connectivity index (χ0) is 11.5. The molecule has 1 fully saturated rings. The highest BCUT2D eigenvalue weighted by Gasteiger charge is 2.30. The van der Waals surface area contributed by atoms with Crippen molar-refractivity contribution >= 4 is 0 Å². The lowest BCUT2D eigenvalue weighted by atomic mass is 9.97. The summed E-state index contributed by atoms with van der Waals surface area (Å²) in [5, 5.41) is 3.75. The predicted octanol–water partition coefficient (Wildman–Crippen LogP) is 3.17. The van der Waals surface area contributed by atoms with Crippen LogP contribution in [-0.4, -0.2) is 11.0 Å². The van der Waals surface area contributed by atoms with Crippen LogP contribution < -0.4 is 5.32 Å². The van der Waals surface area contributed by atoms with Gasteiger partial charge in [0.25, 0.3) is 0 Å². The van der Waals surface area contributed by atoms with Crippen LogP contribution in [0.3, 0.4) is 0 Å². The molecule has 4 unspecified atom stereocenters. The van der Waals surface area contributed by atoms with Gasteiger partial charge in [-0.1, -0.05) is 13.8 Å². The van der Waals surface area contributed by atoms with E-state index in [2.05, 4.69) is 43.2 Å². The molecule has 0 aromatic carbocycles. The molecule has 0 aliphatic heterocycles. The van der Waals surface area contributed by atoms with Gasteiger partial charge in [-0.15, -0.1) is 0 Å². The first kappa shape index (κ1) is 11.6. The van der Waals surface area contributed by atoms with Gasteiger partial charge >= 0.3 is 0 Å². The number of nitrogens with zero attached hydrogens (tertiary/aromatic N) is 1. The van der Waals surface area contributed by atoms with Crippen LogP contribution in [0.5, 0.6) is 0 Å². The summed E-state index contributed by atoms with van der Waals surface area (Å²) in [5.41, 5.74) is 1.33. The third kappa shape index (κ3) is 2.43. The number of hydrogen-bond acceptors (Lipinski definition) is 2. The Kier molecular flexibility index (Phi) is 3.59. The Balaban J connectivity index is 1.95. The monoisotopic (exact) mass is 218 g/mol. The molecule has 88 valence electrons. The summed E-state index contributed by atoms with van der Waals surface area (Å²) in [6.45, 7) is 6.98. The van der Waals surface area contributed by atoms with Crippen molar-refractivity contribution in [3.05, 3.63) is 30.1 Å². The first-order valence-corrected chi connectivity index (χ1v) is 6.34. The Morgan fingerprint density at radius 3 is 2.50 bits per heavy atom. The minimum Gasteiger partial charge on any atom is -0.307 e. The molecular weight excluding hydrogens is 196 g/mol. The molecule has 4 atom stereocenters. The van der Waals surface area contributed by atoms with E-state index in [1.165, 1.54) is 18.4 Å². The number of aromatic nitrogens is 1. The molecule has 1 aromatic heterocycles. The maximum absolute atomic E-state index is 4.06. The zero-order valence-corrected chi connectivity index (χ0v) is 10.5. The van der Waals surface area contributed by atoms with Gasteiger partial charge < -0.3 is 5.32 Å². The molecule has 1 aliphatic rings. The van der Waals surface area contributed by atoms with Gasteiger partial charge in [-0.25, -0.2) is 0 Å². The predicted molar refractivity (Wildman–Crippen MR) is 67.1 cm³/mol. The lowest BCUT2D eigenvalue weighted by Crippen LogP contribution is -2.34. The molecule has 1 heterocycles. The molecule has 0 spiro atoms. The van der Waals surface area contributed by atoms with Crippen molar-refractivity contribution in [1.82, 2.24) is 10.3 Å². The number of nitrogens with one attached hydrogen (secondary N) is 1. The van der Waals surface area contributed by atoms with Gasteiger partial charge in [0.05, 0.1) is 0 Å². The van der Waals surface area contributed by atoms with E-state index in [9.17, 15) is 0 Å². The summed E-state index contributed by atoms with van der Waals surface area (Å²) >= 11 is 0. The van der Waals surface area contributed by atoms with Gasteiger partial charge in [0.15, 0.2) is 0 Å². The smallest absolute Gasteiger partial charge is 0.0295 e. The Hall–Kier alpha value is -0.890. The minimum atomic E-state index is 0.431. The fourth-order valence-electron chi connectivity index (χ4n) is 2.67. The van der Waals surface area contributed by atoms with Crippen molar-refractivity contribution < 1.29 is 0 Å². The van der Waals surface area contributed by atoms with E-state index in [-0.39, 0.29) is 0 Å². The molecule has 2 heteroatoms. The molecule has 0 bridgehead atoms. The summed E-state index contributed by atoms with van der Waals surface area (Å²) in [5.74, 6) is 1.66. The first-order chi connectivity index (χ1) is 7.68. The third-order valence-corrected chi connectivity index (χ3v) is 4.14. The van der Waals surface area contributed by atoms with Crippen molar-refractivity contribution in [2.24, 2.45) is 11.8 Å². The maximum atomic E-state index is 4.06. The Labute approximate surface area is 98.5 Å². The van der Waals surface area contributed by atoms with Gasteiger partial charge in [0.1, 0.15) is 0 Å². The second kappa shape index (κ2) is 4.96. The molecule has 16 heavy (non-hydrogen) atoms. The van der Waals surface area contributed by atoms with Gasteiger partial charge in [-0.05, 0) is 49.3 Å². The summed E-state index contributed by atoms with van der Waals surface area (Å²) in [6, 6.07) is 5.31. The molecular formula is C14H22N2. The average molecular weight is 218 g/mol. The van der Waals surface area contributed by atoms with Crippen molar-refractivity contribution in [2.45, 2.75) is 45.7 Å². The summed E-state index contributed by atoms with van der Waals surface area (Å²) in [6.07, 6.45) is 6.42. The fraction of sp³-hybridized carbons (Fsp3) is 0.643. The van der Waals surface area contributed by atoms with Gasteiger partial charge in [0.2, 0.25) is 0 Å². The molecule has 1 aliphatic carbocycles. The highest BCUT2D eigenvalue weighted by Crippen LogP contribution is 2.32. The van der Waals surface area contributed by atoms with Crippen LogP contribution in [0.15, 0.2) is 24.5 Å². The van der Waals surface area contributed by atoms with E-state index >= 15 is 0 Å². The van der Waals surface area contributed by atoms with E-state index in [1.54, 1.807) is 0 Å². The lowest BCUT2D eigenvalue weighted by molar-refractivity contribution is 0.347. The van der Waals surface area contributed by atoms with Crippen LogP contribution in [0.2, 0.25) is 0 Å². The van der Waals surface area contributed by atoms with Gasteiger partial charge in [-0.2, -0.15) is 0 Å². The molecule has 0 radical (unpaired) electrons. The molecule has 1 N–H and O–H groups in total. The van der Waals surface area contributed by atoms with Crippen molar-refractivity contribution in [1.29, 1.82) is 0 Å². The van der Waals surface area contributed by atoms with Crippen molar-refractivity contribution in [3.63, 3.8) is 0 Å². The van der Waals surface area contributed by atoms with E-state index < -0.39 is 0 Å². The van der Waals surface area contributed by atoms with Crippen LogP contribution in [0, 0.1) is 11.8 Å². The molecule has 1 aromatic rings. The van der Waals surface area contributed by atoms with E-state index in [0.29, 0.717) is 12.1 Å². The van der Waals surface area contributed by atoms with Crippen LogP contribution in [0.25, 0.3) is 0 Å². The van der Waals surface area contributed by atoms with Crippen molar-refractivity contribution in [2.75, 3.05) is 0 Å². The Morgan fingerprint density at radius 1 is 1.25 bits per heavy atom. The van der Waals surface area contributed by atoms with E-state index in [4.69, 9.17) is 0 Å². The van der Waals surface area contributed by atoms with E-state index in [0.717, 1.165) is 11.8 Å². The molecule has 1 saturated carbocycles. The molecule has 2 nitrogen and oxygen atoms in total. The quantitative estimate of drug-likeness (QED) is 0.843. The van der Waals surface area contributed by atoms with Crippen LogP contribution in [0.1, 0.15) is 45.2 Å². The number of rotatable bonds is 3. The second-order valence-electron chi connectivity index (χ2n) is 5.19. The normalized spacial score (nSPS) is 31.6. The SMILES string of the molecule is CC(NC1CCC(C)C1C)c1ccncc1. The average Bonchev–Trinajstić information content (AvgIpc) is 2.62. The summed E-state index contributed by atoms with van der Waals surface area (Å²) in [7, 11) is 0. The van der Waals surface area contributed by atoms with Crippen LogP contribution in [-0.2, 0) is 0 Å². The minimum absolute atomic E-state index is 0.431. The van der Waals surface area contributed by atoms with Crippen molar-refractivity contribution in [3.8, 4) is 0 Å². The third-order valence-electron chi connectivity index (χ3n) is 4.14. The van der Waals surface area contributed by atoms with Gasteiger partial charge in [0, 0.05) is 24.5 Å². The summed E-state index contributed by atoms with van der Waals surface area (Å²) < 4.78 is 0.